The van der Waals surface area contributed by atoms with Gasteiger partial charge >= 0.3 is 6.03 Å². The van der Waals surface area contributed by atoms with Crippen molar-refractivity contribution in [3.8, 4) is 0 Å². The minimum absolute atomic E-state index is 0.549. The van der Waals surface area contributed by atoms with Crippen LogP contribution in [0.3, 0.4) is 0 Å². The lowest BCUT2D eigenvalue weighted by Crippen LogP contribution is -2.44. The lowest BCUT2D eigenvalue weighted by atomic mass is 9.90. The molecule has 1 aliphatic rings. The van der Waals surface area contributed by atoms with E-state index < -0.39 is 54.0 Å². The molecule has 1 fully saturated rings. The predicted octanol–water partition coefficient (Wildman–Crippen LogP) is 6.00. The summed E-state index contributed by atoms with van der Waals surface area (Å²) in [6.45, 7) is 3.16. The maximum Gasteiger partial charge on any atom is 0.334 e. The van der Waals surface area contributed by atoms with Crippen LogP contribution in [0.15, 0.2) is 121 Å². The van der Waals surface area contributed by atoms with Crippen molar-refractivity contribution in [3.63, 3.8) is 0 Å². The van der Waals surface area contributed by atoms with Gasteiger partial charge in [0.25, 0.3) is 0 Å². The summed E-state index contributed by atoms with van der Waals surface area (Å²) >= 11 is 0. The number of benzene rings is 4. The van der Waals surface area contributed by atoms with Gasteiger partial charge in [-0.15, -0.1) is 0 Å². The Balaban J connectivity index is 1.60. The second kappa shape index (κ2) is 12.5. The number of rotatable bonds is 8. The molecule has 0 bridgehead atoms. The Bertz CT molecular complexity index is 1400. The molecule has 7 heteroatoms. The first-order valence-corrected chi connectivity index (χ1v) is 14.1. The fourth-order valence-corrected chi connectivity index (χ4v) is 5.65. The van der Waals surface area contributed by atoms with Crippen molar-refractivity contribution >= 4 is 17.8 Å². The van der Waals surface area contributed by atoms with E-state index in [1.165, 1.54) is 0 Å². The van der Waals surface area contributed by atoms with E-state index in [2.05, 4.69) is 0 Å². The van der Waals surface area contributed by atoms with Crippen LogP contribution in [0.2, 0.25) is 0 Å². The van der Waals surface area contributed by atoms with E-state index in [1.807, 2.05) is 72.8 Å². The number of carbonyl (C=O) groups excluding carboxylic acids is 3. The summed E-state index contributed by atoms with van der Waals surface area (Å²) < 4.78 is 0. The Morgan fingerprint density at radius 2 is 0.833 bits per heavy atom. The molecule has 4 aromatic rings. The Kier molecular flexibility index (Phi) is 8.61. The summed E-state index contributed by atoms with van der Waals surface area (Å²) in [5.74, 6) is -3.17. The summed E-state index contributed by atoms with van der Waals surface area (Å²) in [5, 5.41) is 22.3. The van der Waals surface area contributed by atoms with Crippen molar-refractivity contribution in [1.82, 2.24) is 9.80 Å². The van der Waals surface area contributed by atoms with Gasteiger partial charge < -0.3 is 10.2 Å². The van der Waals surface area contributed by atoms with Crippen LogP contribution in [0.25, 0.3) is 0 Å². The van der Waals surface area contributed by atoms with Gasteiger partial charge in [0, 0.05) is 0 Å². The van der Waals surface area contributed by atoms with E-state index in [-0.39, 0.29) is 0 Å². The molecule has 5 rings (SSSR count). The first-order chi connectivity index (χ1) is 20.3. The van der Waals surface area contributed by atoms with Crippen LogP contribution in [0.5, 0.6) is 0 Å². The van der Waals surface area contributed by atoms with Gasteiger partial charge in [0.2, 0.25) is 11.8 Å². The average molecular weight is 563 g/mol. The summed E-state index contributed by atoms with van der Waals surface area (Å²) in [7, 11) is 0. The number of imide groups is 2. The van der Waals surface area contributed by atoms with E-state index in [4.69, 9.17) is 0 Å². The van der Waals surface area contributed by atoms with Crippen molar-refractivity contribution in [1.29, 1.82) is 0 Å². The Hall–Kier alpha value is -4.59. The third-order valence-corrected chi connectivity index (χ3v) is 8.03. The van der Waals surface area contributed by atoms with Gasteiger partial charge in [-0.05, 0) is 22.3 Å². The van der Waals surface area contributed by atoms with Gasteiger partial charge in [-0.3, -0.25) is 19.4 Å². The number of urea groups is 1. The molecule has 4 amide bonds. The van der Waals surface area contributed by atoms with Crippen LogP contribution in [0, 0.1) is 11.8 Å². The van der Waals surface area contributed by atoms with Crippen molar-refractivity contribution in [2.24, 2.45) is 11.8 Å². The lowest BCUT2D eigenvalue weighted by molar-refractivity contribution is -0.137. The highest BCUT2D eigenvalue weighted by molar-refractivity contribution is 6.06. The van der Waals surface area contributed by atoms with Crippen LogP contribution in [-0.2, 0) is 9.59 Å². The van der Waals surface area contributed by atoms with Crippen molar-refractivity contribution < 1.29 is 24.6 Å². The van der Waals surface area contributed by atoms with Gasteiger partial charge in [0.15, 0.2) is 0 Å². The first-order valence-electron chi connectivity index (χ1n) is 14.1. The zero-order chi connectivity index (χ0) is 29.8. The molecule has 2 N–H and O–H groups in total. The van der Waals surface area contributed by atoms with Gasteiger partial charge in [-0.1, -0.05) is 135 Å². The third kappa shape index (κ3) is 5.49. The van der Waals surface area contributed by atoms with Crippen LogP contribution in [0.1, 0.15) is 60.4 Å². The Morgan fingerprint density at radius 3 is 1.14 bits per heavy atom. The van der Waals surface area contributed by atoms with Crippen LogP contribution in [-0.4, -0.2) is 37.9 Å². The van der Waals surface area contributed by atoms with Crippen molar-refractivity contribution in [2.75, 3.05) is 0 Å². The molecule has 0 unspecified atom stereocenters. The average Bonchev–Trinajstić information content (AvgIpc) is 3.36. The highest BCUT2D eigenvalue weighted by atomic mass is 16.3. The van der Waals surface area contributed by atoms with Crippen LogP contribution >= 0.6 is 0 Å². The van der Waals surface area contributed by atoms with E-state index in [0.29, 0.717) is 22.3 Å². The second-order valence-electron chi connectivity index (χ2n) is 10.7. The van der Waals surface area contributed by atoms with Crippen LogP contribution in [0.4, 0.5) is 4.79 Å². The zero-order valence-electron chi connectivity index (χ0n) is 23.5. The monoisotopic (exact) mass is 562 g/mol. The minimum atomic E-state index is -1.17. The molecule has 4 aromatic carbocycles. The number of aliphatic hydroxyl groups is 2. The third-order valence-electron chi connectivity index (χ3n) is 8.03. The molecule has 0 radical (unpaired) electrons. The minimum Gasteiger partial charge on any atom is -0.388 e. The first kappa shape index (κ1) is 28.9. The van der Waals surface area contributed by atoms with E-state index in [9.17, 15) is 24.6 Å². The van der Waals surface area contributed by atoms with Gasteiger partial charge in [0.1, 0.15) is 0 Å². The molecule has 1 saturated heterocycles. The molecule has 214 valence electrons. The number of hydrogen-bond acceptors (Lipinski definition) is 5. The van der Waals surface area contributed by atoms with E-state index >= 15 is 0 Å². The van der Waals surface area contributed by atoms with E-state index in [0.717, 1.165) is 9.80 Å². The van der Waals surface area contributed by atoms with Crippen molar-refractivity contribution in [3.05, 3.63) is 144 Å². The van der Waals surface area contributed by atoms with Crippen molar-refractivity contribution in [2.45, 2.75) is 38.1 Å². The predicted molar refractivity (Wildman–Crippen MR) is 159 cm³/mol. The van der Waals surface area contributed by atoms with Crippen LogP contribution < -0.4 is 0 Å². The smallest absolute Gasteiger partial charge is 0.334 e. The summed E-state index contributed by atoms with van der Waals surface area (Å²) in [5.41, 5.74) is 2.43. The SMILES string of the molecule is C[C@@H](C(=O)N1C(=O)N(C(=O)[C@H](C)[C@H](O)c2ccccc2)[C@@H](c2ccccc2)[C@@H]1c1ccccc1)[C@H](O)c1ccccc1. The quantitative estimate of drug-likeness (QED) is 0.275. The molecular weight excluding hydrogens is 528 g/mol. The number of amides is 4. The van der Waals surface area contributed by atoms with E-state index in [1.54, 1.807) is 62.4 Å². The standard InChI is InChI=1S/C35H34N2O5/c1-23(31(38)27-19-11-5-12-20-27)33(40)36-29(25-15-7-3-8-16-25)30(26-17-9-4-10-18-26)37(35(36)42)34(41)24(2)32(39)28-21-13-6-14-22-28/h3-24,29-32,38-39H,1-2H3/t23-,24-,29+,30+,31+,32+/m1/s1. The Morgan fingerprint density at radius 1 is 0.548 bits per heavy atom. The lowest BCUT2D eigenvalue weighted by Gasteiger charge is -2.30. The molecule has 0 spiro atoms. The van der Waals surface area contributed by atoms with Gasteiger partial charge in [-0.2, -0.15) is 0 Å². The fourth-order valence-electron chi connectivity index (χ4n) is 5.65. The number of hydrogen-bond donors (Lipinski definition) is 2. The number of carbonyl (C=O) groups is 3. The normalized spacial score (nSPS) is 19.7. The maximum absolute atomic E-state index is 14.3. The summed E-state index contributed by atoms with van der Waals surface area (Å²) in [4.78, 5) is 44.9. The second-order valence-corrected chi connectivity index (χ2v) is 10.7. The largest absolute Gasteiger partial charge is 0.388 e. The number of aliphatic hydroxyl groups excluding tert-OH is 2. The molecule has 0 aromatic heterocycles. The summed E-state index contributed by atoms with van der Waals surface area (Å²) in [6, 6.07) is 33.4. The van der Waals surface area contributed by atoms with Gasteiger partial charge in [-0.25, -0.2) is 4.79 Å². The highest BCUT2D eigenvalue weighted by Gasteiger charge is 2.54. The molecule has 42 heavy (non-hydrogen) atoms. The molecular formula is C35H34N2O5. The molecule has 1 heterocycles. The van der Waals surface area contributed by atoms with Gasteiger partial charge in [0.05, 0.1) is 36.1 Å². The topological polar surface area (TPSA) is 98.2 Å². The number of nitrogens with zero attached hydrogens (tertiary/aromatic N) is 2. The molecule has 1 aliphatic heterocycles. The Labute approximate surface area is 245 Å². The molecule has 0 saturated carbocycles. The maximum atomic E-state index is 14.3. The molecule has 0 aliphatic carbocycles. The fraction of sp³-hybridized carbons (Fsp3) is 0.229. The molecule has 6 atom stereocenters. The zero-order valence-corrected chi connectivity index (χ0v) is 23.5. The highest BCUT2D eigenvalue weighted by Crippen LogP contribution is 2.47. The molecule has 7 nitrogen and oxygen atoms in total. The summed E-state index contributed by atoms with van der Waals surface area (Å²) in [6.07, 6.45) is -2.33.